The molecule has 0 saturated heterocycles. The number of aliphatic hydroxyl groups excluding tert-OH is 1. The molecule has 17 heavy (non-hydrogen) atoms. The molecule has 4 heteroatoms. The van der Waals surface area contributed by atoms with Crippen molar-refractivity contribution in [3.05, 3.63) is 35.4 Å². The van der Waals surface area contributed by atoms with Gasteiger partial charge in [0.25, 0.3) is 0 Å². The van der Waals surface area contributed by atoms with Gasteiger partial charge in [0.15, 0.2) is 0 Å². The third-order valence-electron chi connectivity index (χ3n) is 3.27. The minimum Gasteiger partial charge on any atom is -0.390 e. The van der Waals surface area contributed by atoms with Gasteiger partial charge < -0.3 is 10.2 Å². The monoisotopic (exact) mass is 244 g/mol. The van der Waals surface area contributed by atoms with Crippen molar-refractivity contribution in [1.82, 2.24) is 0 Å². The summed E-state index contributed by atoms with van der Waals surface area (Å²) in [7, 11) is 0. The Labute approximate surface area is 99.9 Å². The van der Waals surface area contributed by atoms with Gasteiger partial charge in [0, 0.05) is 12.5 Å². The predicted octanol–water partition coefficient (Wildman–Crippen LogP) is 2.42. The van der Waals surface area contributed by atoms with Crippen LogP contribution in [0.15, 0.2) is 18.2 Å². The Kier molecular flexibility index (Phi) is 4.60. The predicted molar refractivity (Wildman–Crippen MR) is 61.6 cm³/mol. The van der Waals surface area contributed by atoms with Crippen molar-refractivity contribution < 1.29 is 19.0 Å². The zero-order chi connectivity index (χ0) is 13.1. The minimum atomic E-state index is -1.22. The van der Waals surface area contributed by atoms with Crippen LogP contribution in [-0.4, -0.2) is 21.9 Å². The standard InChI is InChI=1S/C13H18F2O2/c1-3-13(17,4-2)12(16)7-9-5-6-10(14)8-11(9)15/h5-6,8,12,16-17H,3-4,7H2,1-2H3. The van der Waals surface area contributed by atoms with Gasteiger partial charge in [0.05, 0.1) is 11.7 Å². The maximum Gasteiger partial charge on any atom is 0.129 e. The lowest BCUT2D eigenvalue weighted by Gasteiger charge is -2.31. The highest BCUT2D eigenvalue weighted by atomic mass is 19.1. The summed E-state index contributed by atoms with van der Waals surface area (Å²) in [5.74, 6) is -1.35. The molecule has 0 amide bonds. The highest BCUT2D eigenvalue weighted by Crippen LogP contribution is 2.23. The Morgan fingerprint density at radius 2 is 1.82 bits per heavy atom. The maximum atomic E-state index is 13.4. The van der Waals surface area contributed by atoms with Crippen LogP contribution in [0, 0.1) is 11.6 Å². The summed E-state index contributed by atoms with van der Waals surface area (Å²) >= 11 is 0. The lowest BCUT2D eigenvalue weighted by Crippen LogP contribution is -2.42. The molecule has 1 unspecified atom stereocenters. The van der Waals surface area contributed by atoms with Crippen LogP contribution in [0.2, 0.25) is 0 Å². The van der Waals surface area contributed by atoms with E-state index in [-0.39, 0.29) is 12.0 Å². The van der Waals surface area contributed by atoms with Gasteiger partial charge >= 0.3 is 0 Å². The summed E-state index contributed by atoms with van der Waals surface area (Å²) < 4.78 is 26.1. The molecule has 1 aromatic rings. The van der Waals surface area contributed by atoms with Crippen LogP contribution < -0.4 is 0 Å². The Morgan fingerprint density at radius 3 is 2.29 bits per heavy atom. The molecular formula is C13H18F2O2. The van der Waals surface area contributed by atoms with Crippen molar-refractivity contribution in [2.75, 3.05) is 0 Å². The third-order valence-corrected chi connectivity index (χ3v) is 3.27. The summed E-state index contributed by atoms with van der Waals surface area (Å²) in [6.07, 6.45) is -0.317. The smallest absolute Gasteiger partial charge is 0.129 e. The van der Waals surface area contributed by atoms with E-state index in [1.807, 2.05) is 0 Å². The largest absolute Gasteiger partial charge is 0.390 e. The van der Waals surface area contributed by atoms with Crippen molar-refractivity contribution in [3.8, 4) is 0 Å². The molecule has 0 aliphatic heterocycles. The van der Waals surface area contributed by atoms with E-state index >= 15 is 0 Å². The van der Waals surface area contributed by atoms with Gasteiger partial charge in [-0.05, 0) is 24.5 Å². The van der Waals surface area contributed by atoms with E-state index in [0.717, 1.165) is 12.1 Å². The van der Waals surface area contributed by atoms with E-state index in [0.29, 0.717) is 12.8 Å². The quantitative estimate of drug-likeness (QED) is 0.835. The minimum absolute atomic E-state index is 0.0235. The van der Waals surface area contributed by atoms with Crippen LogP contribution in [0.4, 0.5) is 8.78 Å². The zero-order valence-corrected chi connectivity index (χ0v) is 10.1. The van der Waals surface area contributed by atoms with Gasteiger partial charge in [-0.15, -0.1) is 0 Å². The van der Waals surface area contributed by atoms with Crippen LogP contribution in [0.3, 0.4) is 0 Å². The van der Waals surface area contributed by atoms with Gasteiger partial charge in [-0.25, -0.2) is 8.78 Å². The van der Waals surface area contributed by atoms with E-state index < -0.39 is 23.3 Å². The molecule has 0 fully saturated rings. The molecule has 0 spiro atoms. The van der Waals surface area contributed by atoms with Gasteiger partial charge in [0.2, 0.25) is 0 Å². The maximum absolute atomic E-state index is 13.4. The van der Waals surface area contributed by atoms with Crippen LogP contribution in [0.1, 0.15) is 32.3 Å². The average Bonchev–Trinajstić information content (AvgIpc) is 2.31. The Hall–Kier alpha value is -1.00. The van der Waals surface area contributed by atoms with Gasteiger partial charge in [-0.2, -0.15) is 0 Å². The molecule has 1 rings (SSSR count). The summed E-state index contributed by atoms with van der Waals surface area (Å²) in [6.45, 7) is 3.52. The molecule has 2 N–H and O–H groups in total. The fourth-order valence-electron chi connectivity index (χ4n) is 1.81. The molecule has 0 aromatic heterocycles. The van der Waals surface area contributed by atoms with Crippen LogP contribution in [-0.2, 0) is 6.42 Å². The summed E-state index contributed by atoms with van der Waals surface area (Å²) in [5, 5.41) is 20.0. The second-order valence-corrected chi connectivity index (χ2v) is 4.27. The molecule has 96 valence electrons. The second kappa shape index (κ2) is 5.56. The van der Waals surface area contributed by atoms with Crippen molar-refractivity contribution >= 4 is 0 Å². The first kappa shape index (κ1) is 14.1. The van der Waals surface area contributed by atoms with Crippen molar-refractivity contribution in [1.29, 1.82) is 0 Å². The highest BCUT2D eigenvalue weighted by molar-refractivity contribution is 5.20. The first-order valence-electron chi connectivity index (χ1n) is 5.77. The Balaban J connectivity index is 2.84. The number of hydrogen-bond donors (Lipinski definition) is 2. The van der Waals surface area contributed by atoms with Gasteiger partial charge in [-0.1, -0.05) is 19.9 Å². The second-order valence-electron chi connectivity index (χ2n) is 4.27. The van der Waals surface area contributed by atoms with Crippen LogP contribution in [0.5, 0.6) is 0 Å². The van der Waals surface area contributed by atoms with Crippen molar-refractivity contribution in [3.63, 3.8) is 0 Å². The molecule has 1 atom stereocenters. The lowest BCUT2D eigenvalue weighted by atomic mass is 9.87. The van der Waals surface area contributed by atoms with E-state index in [1.165, 1.54) is 6.07 Å². The number of hydrogen-bond acceptors (Lipinski definition) is 2. The molecule has 2 nitrogen and oxygen atoms in total. The molecule has 0 heterocycles. The first-order chi connectivity index (χ1) is 7.92. The van der Waals surface area contributed by atoms with Crippen LogP contribution in [0.25, 0.3) is 0 Å². The number of aliphatic hydroxyl groups is 2. The van der Waals surface area contributed by atoms with Crippen molar-refractivity contribution in [2.24, 2.45) is 0 Å². The first-order valence-corrected chi connectivity index (χ1v) is 5.77. The summed E-state index contributed by atoms with van der Waals surface area (Å²) in [6, 6.07) is 3.21. The molecule has 0 aliphatic carbocycles. The summed E-state index contributed by atoms with van der Waals surface area (Å²) in [5.41, 5.74) is -1.01. The molecule has 0 aliphatic rings. The zero-order valence-electron chi connectivity index (χ0n) is 10.1. The number of benzene rings is 1. The topological polar surface area (TPSA) is 40.5 Å². The molecular weight excluding hydrogens is 226 g/mol. The summed E-state index contributed by atoms with van der Waals surface area (Å²) in [4.78, 5) is 0. The fraction of sp³-hybridized carbons (Fsp3) is 0.538. The van der Waals surface area contributed by atoms with Crippen molar-refractivity contribution in [2.45, 2.75) is 44.8 Å². The van der Waals surface area contributed by atoms with Crippen LogP contribution >= 0.6 is 0 Å². The average molecular weight is 244 g/mol. The third kappa shape index (κ3) is 3.23. The van der Waals surface area contributed by atoms with E-state index in [4.69, 9.17) is 0 Å². The molecule has 0 saturated carbocycles. The highest BCUT2D eigenvalue weighted by Gasteiger charge is 2.32. The van der Waals surface area contributed by atoms with E-state index in [1.54, 1.807) is 13.8 Å². The number of halogens is 2. The number of rotatable bonds is 5. The SMILES string of the molecule is CCC(O)(CC)C(O)Cc1ccc(F)cc1F. The Bertz CT molecular complexity index is 376. The van der Waals surface area contributed by atoms with Gasteiger partial charge in [-0.3, -0.25) is 0 Å². The fourth-order valence-corrected chi connectivity index (χ4v) is 1.81. The van der Waals surface area contributed by atoms with Gasteiger partial charge in [0.1, 0.15) is 11.6 Å². The lowest BCUT2D eigenvalue weighted by molar-refractivity contribution is -0.0792. The normalized spacial score (nSPS) is 13.8. The molecule has 0 radical (unpaired) electrons. The van der Waals surface area contributed by atoms with E-state index in [9.17, 15) is 19.0 Å². The molecule has 1 aromatic carbocycles. The molecule has 0 bridgehead atoms. The van der Waals surface area contributed by atoms with E-state index in [2.05, 4.69) is 0 Å². The Morgan fingerprint density at radius 1 is 1.24 bits per heavy atom.